The van der Waals surface area contributed by atoms with Crippen LogP contribution in [0.4, 0.5) is 0 Å². The van der Waals surface area contributed by atoms with Crippen molar-refractivity contribution in [3.8, 4) is 0 Å². The third kappa shape index (κ3) is 10.2. The van der Waals surface area contributed by atoms with E-state index in [9.17, 15) is 4.79 Å². The van der Waals surface area contributed by atoms with Gasteiger partial charge in [0, 0.05) is 6.42 Å². The maximum atomic E-state index is 11.2. The van der Waals surface area contributed by atoms with Gasteiger partial charge in [0.1, 0.15) is 13.2 Å². The lowest BCUT2D eigenvalue weighted by molar-refractivity contribution is -0.299. The molecule has 0 bridgehead atoms. The van der Waals surface area contributed by atoms with Crippen LogP contribution < -0.4 is 0 Å². The van der Waals surface area contributed by atoms with E-state index in [1.54, 1.807) is 6.92 Å². The minimum atomic E-state index is -1.31. The summed E-state index contributed by atoms with van der Waals surface area (Å²) >= 11 is 0. The summed E-state index contributed by atoms with van der Waals surface area (Å²) in [6, 6.07) is 0. The monoisotopic (exact) mass is 250 g/mol. The Balaban J connectivity index is 3.21. The van der Waals surface area contributed by atoms with Crippen LogP contribution in [0.2, 0.25) is 0 Å². The molecule has 0 aliphatic heterocycles. The number of hydrogen-bond donors (Lipinski definition) is 2. The normalized spacial score (nSPS) is 12.8. The van der Waals surface area contributed by atoms with Gasteiger partial charge in [0.25, 0.3) is 0 Å². The predicted molar refractivity (Wildman–Crippen MR) is 59.8 cm³/mol. The minimum Gasteiger partial charge on any atom is -0.463 e. The lowest BCUT2D eigenvalue weighted by Crippen LogP contribution is -2.17. The molecule has 17 heavy (non-hydrogen) atoms. The summed E-state index contributed by atoms with van der Waals surface area (Å²) in [5, 5.41) is 17.1. The first-order valence-electron chi connectivity index (χ1n) is 5.85. The number of hydrogen-bond acceptors (Lipinski definition) is 6. The maximum absolute atomic E-state index is 11.2. The summed E-state index contributed by atoms with van der Waals surface area (Å²) < 4.78 is 4.92. The van der Waals surface area contributed by atoms with E-state index in [1.807, 2.05) is 6.92 Å². The van der Waals surface area contributed by atoms with Gasteiger partial charge >= 0.3 is 5.97 Å². The maximum Gasteiger partial charge on any atom is 0.308 e. The molecule has 0 aliphatic carbocycles. The van der Waals surface area contributed by atoms with Crippen LogP contribution in [0.1, 0.15) is 33.1 Å². The summed E-state index contributed by atoms with van der Waals surface area (Å²) in [5.41, 5.74) is 0. The quantitative estimate of drug-likeness (QED) is 0.194. The van der Waals surface area contributed by atoms with E-state index < -0.39 is 6.29 Å². The molecule has 0 aromatic heterocycles. The molecule has 0 fully saturated rings. The van der Waals surface area contributed by atoms with Crippen molar-refractivity contribution in [1.82, 2.24) is 0 Å². The van der Waals surface area contributed by atoms with E-state index in [0.717, 1.165) is 6.42 Å². The average Bonchev–Trinajstić information content (AvgIpc) is 2.30. The van der Waals surface area contributed by atoms with Gasteiger partial charge in [-0.15, -0.1) is 0 Å². The van der Waals surface area contributed by atoms with Crippen molar-refractivity contribution >= 4 is 5.97 Å². The van der Waals surface area contributed by atoms with Crippen molar-refractivity contribution in [3.63, 3.8) is 0 Å². The number of esters is 1. The molecule has 0 saturated heterocycles. The Morgan fingerprint density at radius 2 is 1.82 bits per heavy atom. The van der Waals surface area contributed by atoms with Gasteiger partial charge in [-0.2, -0.15) is 0 Å². The Labute approximate surface area is 101 Å². The second-order valence-corrected chi connectivity index (χ2v) is 3.74. The molecular weight excluding hydrogens is 228 g/mol. The number of aliphatic hydroxyl groups excluding tert-OH is 1. The number of rotatable bonds is 10. The molecule has 0 aromatic carbocycles. The van der Waals surface area contributed by atoms with Crippen LogP contribution in [0.25, 0.3) is 0 Å². The van der Waals surface area contributed by atoms with Crippen LogP contribution in [-0.4, -0.2) is 42.3 Å². The molecule has 1 unspecified atom stereocenters. The smallest absolute Gasteiger partial charge is 0.308 e. The van der Waals surface area contributed by atoms with Gasteiger partial charge in [0.2, 0.25) is 0 Å². The van der Waals surface area contributed by atoms with Gasteiger partial charge in [0.15, 0.2) is 6.29 Å². The third-order valence-corrected chi connectivity index (χ3v) is 2.20. The second kappa shape index (κ2) is 10.5. The molecule has 6 heteroatoms. The fraction of sp³-hybridized carbons (Fsp3) is 0.909. The van der Waals surface area contributed by atoms with Crippen molar-refractivity contribution in [3.05, 3.63) is 0 Å². The zero-order valence-electron chi connectivity index (χ0n) is 10.4. The minimum absolute atomic E-state index is 0.0954. The first-order chi connectivity index (χ1) is 8.07. The first-order valence-corrected chi connectivity index (χ1v) is 5.85. The highest BCUT2D eigenvalue weighted by molar-refractivity contribution is 5.71. The molecule has 0 saturated carbocycles. The third-order valence-electron chi connectivity index (χ3n) is 2.20. The van der Waals surface area contributed by atoms with E-state index in [4.69, 9.17) is 24.7 Å². The Hall–Kier alpha value is -0.690. The molecule has 1 atom stereocenters. The highest BCUT2D eigenvalue weighted by Gasteiger charge is 2.11. The van der Waals surface area contributed by atoms with Gasteiger partial charge in [-0.25, -0.2) is 9.78 Å². The summed E-state index contributed by atoms with van der Waals surface area (Å²) in [6.07, 6.45) is 0.172. The molecule has 102 valence electrons. The number of ether oxygens (including phenoxy) is 1. The van der Waals surface area contributed by atoms with E-state index in [1.165, 1.54) is 0 Å². The molecule has 0 rings (SSSR count). The van der Waals surface area contributed by atoms with Crippen molar-refractivity contribution in [2.75, 3.05) is 19.8 Å². The largest absolute Gasteiger partial charge is 0.463 e. The van der Waals surface area contributed by atoms with Crippen molar-refractivity contribution in [1.29, 1.82) is 0 Å². The zero-order chi connectivity index (χ0) is 13.1. The summed E-state index contributed by atoms with van der Waals surface area (Å²) in [5.74, 6) is -0.332. The van der Waals surface area contributed by atoms with Gasteiger partial charge in [-0.3, -0.25) is 4.79 Å². The topological polar surface area (TPSA) is 85.2 Å². The molecule has 0 radical (unpaired) electrons. The molecule has 0 heterocycles. The van der Waals surface area contributed by atoms with Crippen LogP contribution >= 0.6 is 0 Å². The van der Waals surface area contributed by atoms with E-state index >= 15 is 0 Å². The SMILES string of the molecule is CCC(C)C(=O)OCCOOCCCC(O)O. The van der Waals surface area contributed by atoms with Crippen LogP contribution in [0.5, 0.6) is 0 Å². The Kier molecular flexibility index (Phi) is 10.0. The molecule has 2 N–H and O–H groups in total. The van der Waals surface area contributed by atoms with Crippen LogP contribution in [-0.2, 0) is 19.3 Å². The predicted octanol–water partition coefficient (Wildman–Crippen LogP) is 0.615. The Morgan fingerprint density at radius 3 is 2.41 bits per heavy atom. The summed E-state index contributed by atoms with van der Waals surface area (Å²) in [7, 11) is 0. The summed E-state index contributed by atoms with van der Waals surface area (Å²) in [6.45, 7) is 4.33. The van der Waals surface area contributed by atoms with E-state index in [2.05, 4.69) is 0 Å². The zero-order valence-corrected chi connectivity index (χ0v) is 10.4. The molecule has 6 nitrogen and oxygen atoms in total. The van der Waals surface area contributed by atoms with Crippen molar-refractivity contribution < 1.29 is 29.5 Å². The van der Waals surface area contributed by atoms with Gasteiger partial charge < -0.3 is 14.9 Å². The number of carbonyl (C=O) groups is 1. The van der Waals surface area contributed by atoms with Crippen LogP contribution in [0, 0.1) is 5.92 Å². The summed E-state index contributed by atoms with van der Waals surface area (Å²) in [4.78, 5) is 20.7. The molecule has 0 amide bonds. The molecule has 0 aromatic rings. The van der Waals surface area contributed by atoms with E-state index in [-0.39, 0.29) is 38.1 Å². The highest BCUT2D eigenvalue weighted by atomic mass is 17.2. The Morgan fingerprint density at radius 1 is 1.18 bits per heavy atom. The van der Waals surface area contributed by atoms with Crippen molar-refractivity contribution in [2.45, 2.75) is 39.4 Å². The highest BCUT2D eigenvalue weighted by Crippen LogP contribution is 2.02. The molecule has 0 spiro atoms. The van der Waals surface area contributed by atoms with Gasteiger partial charge in [-0.1, -0.05) is 13.8 Å². The van der Waals surface area contributed by atoms with E-state index in [0.29, 0.717) is 6.42 Å². The first kappa shape index (κ1) is 16.3. The van der Waals surface area contributed by atoms with Crippen LogP contribution in [0.3, 0.4) is 0 Å². The fourth-order valence-electron chi connectivity index (χ4n) is 0.928. The lowest BCUT2D eigenvalue weighted by atomic mass is 10.1. The standard InChI is InChI=1S/C11H22O6/c1-3-9(2)11(14)15-7-8-17-16-6-4-5-10(12)13/h9-10,12-13H,3-8H2,1-2H3. The fourth-order valence-corrected chi connectivity index (χ4v) is 0.928. The van der Waals surface area contributed by atoms with Crippen molar-refractivity contribution in [2.24, 2.45) is 5.92 Å². The number of aliphatic hydroxyl groups is 2. The van der Waals surface area contributed by atoms with Crippen LogP contribution in [0.15, 0.2) is 0 Å². The average molecular weight is 250 g/mol. The molecule has 0 aliphatic rings. The Bertz CT molecular complexity index is 194. The lowest BCUT2D eigenvalue weighted by Gasteiger charge is -2.09. The molecular formula is C11H22O6. The number of carbonyl (C=O) groups excluding carboxylic acids is 1. The second-order valence-electron chi connectivity index (χ2n) is 3.74. The van der Waals surface area contributed by atoms with Gasteiger partial charge in [0.05, 0.1) is 12.5 Å². The van der Waals surface area contributed by atoms with Gasteiger partial charge in [-0.05, 0) is 12.8 Å².